The number of aromatic amines is 1. The van der Waals surface area contributed by atoms with Gasteiger partial charge in [-0.1, -0.05) is 30.3 Å². The van der Waals surface area contributed by atoms with Crippen LogP contribution < -0.4 is 10.1 Å². The number of aromatic nitrogens is 1. The summed E-state index contributed by atoms with van der Waals surface area (Å²) < 4.78 is 67.5. The monoisotopic (exact) mass is 490 g/mol. The molecule has 4 aromatic rings. The van der Waals surface area contributed by atoms with Crippen molar-refractivity contribution in [2.24, 2.45) is 0 Å². The smallest absolute Gasteiger partial charge is 0.501 e. The van der Waals surface area contributed by atoms with Crippen molar-refractivity contribution < 1.29 is 36.2 Å². The van der Waals surface area contributed by atoms with Crippen LogP contribution in [0.5, 0.6) is 11.5 Å². The highest BCUT2D eigenvalue weighted by molar-refractivity contribution is 7.92. The first-order valence-electron chi connectivity index (χ1n) is 9.80. The number of H-pyrrole nitrogens is 1. The molecule has 4 rings (SSSR count). The standard InChI is InChI=1S/C23H17F3N2O5S/c24-23(25,26)34(31,32)17-8-9-21(29)19(12-17)28-22(30)20-10-15-6-7-16(11-18(15)27-20)33-13-14-4-2-1-3-5-14/h1-12,27,29H,13H2,(H,28,30). The lowest BCUT2D eigenvalue weighted by atomic mass is 10.2. The molecule has 0 unspecified atom stereocenters. The van der Waals surface area contributed by atoms with E-state index in [-0.39, 0.29) is 5.69 Å². The van der Waals surface area contributed by atoms with Crippen LogP contribution in [-0.4, -0.2) is 29.9 Å². The van der Waals surface area contributed by atoms with Crippen LogP contribution in [0.15, 0.2) is 77.7 Å². The Labute approximate surface area is 191 Å². The predicted molar refractivity (Wildman–Crippen MR) is 118 cm³/mol. The van der Waals surface area contributed by atoms with Crippen molar-refractivity contribution in [2.75, 3.05) is 5.32 Å². The summed E-state index contributed by atoms with van der Waals surface area (Å²) in [6, 6.07) is 18.1. The molecule has 34 heavy (non-hydrogen) atoms. The van der Waals surface area contributed by atoms with Gasteiger partial charge in [-0.25, -0.2) is 8.42 Å². The minimum Gasteiger partial charge on any atom is -0.506 e. The van der Waals surface area contributed by atoms with Gasteiger partial charge in [0.1, 0.15) is 23.8 Å². The third kappa shape index (κ3) is 4.69. The molecule has 0 spiro atoms. The summed E-state index contributed by atoms with van der Waals surface area (Å²) in [5.74, 6) is -0.838. The van der Waals surface area contributed by atoms with Crippen LogP contribution in [0, 0.1) is 0 Å². The van der Waals surface area contributed by atoms with Gasteiger partial charge in [0.15, 0.2) is 0 Å². The lowest BCUT2D eigenvalue weighted by Crippen LogP contribution is -2.23. The zero-order valence-corrected chi connectivity index (χ0v) is 18.1. The number of halogens is 3. The van der Waals surface area contributed by atoms with Crippen molar-refractivity contribution in [1.29, 1.82) is 0 Å². The molecule has 3 aromatic carbocycles. The molecule has 0 aliphatic rings. The van der Waals surface area contributed by atoms with E-state index in [1.807, 2.05) is 30.3 Å². The maximum absolute atomic E-state index is 12.8. The van der Waals surface area contributed by atoms with Gasteiger partial charge >= 0.3 is 5.51 Å². The molecule has 3 N–H and O–H groups in total. The van der Waals surface area contributed by atoms with Crippen molar-refractivity contribution in [2.45, 2.75) is 17.0 Å². The number of phenolic OH excluding ortho intramolecular Hbond substituents is 1. The van der Waals surface area contributed by atoms with Gasteiger partial charge in [0.05, 0.1) is 10.6 Å². The Bertz CT molecular complexity index is 1470. The van der Waals surface area contributed by atoms with Gasteiger partial charge < -0.3 is 20.1 Å². The normalized spacial score (nSPS) is 12.0. The molecule has 1 heterocycles. The third-order valence-corrected chi connectivity index (χ3v) is 6.40. The highest BCUT2D eigenvalue weighted by atomic mass is 32.2. The Kier molecular flexibility index (Phi) is 5.96. The molecular weight excluding hydrogens is 473 g/mol. The Morgan fingerprint density at radius 3 is 2.44 bits per heavy atom. The van der Waals surface area contributed by atoms with Crippen LogP contribution >= 0.6 is 0 Å². The van der Waals surface area contributed by atoms with E-state index >= 15 is 0 Å². The lowest BCUT2D eigenvalue weighted by Gasteiger charge is -2.11. The minimum atomic E-state index is -5.65. The number of hydrogen-bond acceptors (Lipinski definition) is 5. The number of carbonyl (C=O) groups is 1. The average molecular weight is 490 g/mol. The second-order valence-electron chi connectivity index (χ2n) is 7.29. The SMILES string of the molecule is O=C(Nc1cc(S(=O)(=O)C(F)(F)F)ccc1O)c1cc2ccc(OCc3ccccc3)cc2[nH]1. The first kappa shape index (κ1) is 23.2. The molecule has 1 aromatic heterocycles. The molecule has 176 valence electrons. The molecule has 0 saturated heterocycles. The van der Waals surface area contributed by atoms with Crippen molar-refractivity contribution in [3.8, 4) is 11.5 Å². The van der Waals surface area contributed by atoms with Gasteiger partial charge in [0.2, 0.25) is 0 Å². The number of benzene rings is 3. The molecule has 0 aliphatic heterocycles. The number of carbonyl (C=O) groups excluding carboxylic acids is 1. The molecule has 0 aliphatic carbocycles. The molecule has 0 fully saturated rings. The molecule has 7 nitrogen and oxygen atoms in total. The number of alkyl halides is 3. The van der Waals surface area contributed by atoms with Crippen LogP contribution in [-0.2, 0) is 16.4 Å². The molecule has 0 bridgehead atoms. The Hall–Kier alpha value is -3.99. The zero-order valence-electron chi connectivity index (χ0n) is 17.3. The number of rotatable bonds is 6. The third-order valence-electron chi connectivity index (χ3n) is 4.92. The van der Waals surface area contributed by atoms with Gasteiger partial charge in [-0.3, -0.25) is 4.79 Å². The number of sulfone groups is 1. The molecule has 0 saturated carbocycles. The van der Waals surface area contributed by atoms with Crippen LogP contribution in [0.3, 0.4) is 0 Å². The summed E-state index contributed by atoms with van der Waals surface area (Å²) >= 11 is 0. The Morgan fingerprint density at radius 2 is 1.74 bits per heavy atom. The van der Waals surface area contributed by atoms with Crippen LogP contribution in [0.2, 0.25) is 0 Å². The van der Waals surface area contributed by atoms with E-state index in [9.17, 15) is 31.5 Å². The van der Waals surface area contributed by atoms with Gasteiger partial charge in [0, 0.05) is 17.0 Å². The first-order chi connectivity index (χ1) is 16.0. The Morgan fingerprint density at radius 1 is 1.00 bits per heavy atom. The Balaban J connectivity index is 1.54. The summed E-state index contributed by atoms with van der Waals surface area (Å²) in [7, 11) is -5.65. The average Bonchev–Trinajstić information content (AvgIpc) is 3.22. The maximum Gasteiger partial charge on any atom is 0.501 e. The van der Waals surface area contributed by atoms with E-state index in [0.29, 0.717) is 35.4 Å². The quantitative estimate of drug-likeness (QED) is 0.330. The summed E-state index contributed by atoms with van der Waals surface area (Å²) in [4.78, 5) is 14.4. The predicted octanol–water partition coefficient (Wildman–Crippen LogP) is 5.00. The molecular formula is C23H17F3N2O5S. The van der Waals surface area contributed by atoms with E-state index in [0.717, 1.165) is 11.6 Å². The highest BCUT2D eigenvalue weighted by Gasteiger charge is 2.47. The molecule has 0 radical (unpaired) electrons. The van der Waals surface area contributed by atoms with E-state index < -0.39 is 37.6 Å². The van der Waals surface area contributed by atoms with E-state index in [1.54, 1.807) is 18.2 Å². The lowest BCUT2D eigenvalue weighted by molar-refractivity contribution is -0.0436. The number of nitrogens with one attached hydrogen (secondary N) is 2. The number of amides is 1. The number of ether oxygens (including phenoxy) is 1. The van der Waals surface area contributed by atoms with Crippen molar-refractivity contribution in [3.63, 3.8) is 0 Å². The van der Waals surface area contributed by atoms with E-state index in [2.05, 4.69) is 10.3 Å². The second kappa shape index (κ2) is 8.75. The number of aromatic hydroxyl groups is 1. The highest BCUT2D eigenvalue weighted by Crippen LogP contribution is 2.34. The first-order valence-corrected chi connectivity index (χ1v) is 11.3. The zero-order chi connectivity index (χ0) is 24.5. The molecule has 11 heteroatoms. The summed E-state index contributed by atoms with van der Waals surface area (Å²) in [6.07, 6.45) is 0. The van der Waals surface area contributed by atoms with Crippen LogP contribution in [0.4, 0.5) is 18.9 Å². The largest absolute Gasteiger partial charge is 0.506 e. The maximum atomic E-state index is 12.8. The van der Waals surface area contributed by atoms with Crippen molar-refractivity contribution in [3.05, 3.63) is 84.1 Å². The summed E-state index contributed by atoms with van der Waals surface area (Å²) in [5, 5.41) is 12.8. The fraction of sp³-hybridized carbons (Fsp3) is 0.0870. The number of fused-ring (bicyclic) bond motifs is 1. The van der Waals surface area contributed by atoms with Gasteiger partial charge in [-0.2, -0.15) is 13.2 Å². The van der Waals surface area contributed by atoms with Crippen molar-refractivity contribution in [1.82, 2.24) is 4.98 Å². The minimum absolute atomic E-state index is 0.0405. The van der Waals surface area contributed by atoms with Crippen LogP contribution in [0.25, 0.3) is 10.9 Å². The number of hydrogen-bond donors (Lipinski definition) is 3. The number of phenols is 1. The van der Waals surface area contributed by atoms with Crippen molar-refractivity contribution >= 4 is 32.3 Å². The topological polar surface area (TPSA) is 108 Å². The fourth-order valence-corrected chi connectivity index (χ4v) is 3.95. The van der Waals surface area contributed by atoms with E-state index in [1.165, 1.54) is 6.07 Å². The molecule has 0 atom stereocenters. The fourth-order valence-electron chi connectivity index (χ4n) is 3.16. The summed E-state index contributed by atoms with van der Waals surface area (Å²) in [5.41, 5.74) is -4.43. The second-order valence-corrected chi connectivity index (χ2v) is 9.23. The van der Waals surface area contributed by atoms with E-state index in [4.69, 9.17) is 4.74 Å². The van der Waals surface area contributed by atoms with Crippen LogP contribution in [0.1, 0.15) is 16.1 Å². The van der Waals surface area contributed by atoms with Gasteiger partial charge in [0.25, 0.3) is 15.7 Å². The van der Waals surface area contributed by atoms with Gasteiger partial charge in [-0.05, 0) is 42.0 Å². The summed E-state index contributed by atoms with van der Waals surface area (Å²) in [6.45, 7) is 0.344. The number of anilines is 1. The van der Waals surface area contributed by atoms with Gasteiger partial charge in [-0.15, -0.1) is 0 Å². The molecule has 1 amide bonds.